The molecule has 2 heterocycles. The lowest BCUT2D eigenvalue weighted by molar-refractivity contribution is 0.0526. The SMILES string of the molecule is CCOC(=O)c1ccc(N2C(=O)c3[nH]nc(-c4ccc(OCC)cc4)c3C2c2cccc(F)c2)cc1. The fraction of sp³-hybridized carbons (Fsp3) is 0.179. The Kier molecular flexibility index (Phi) is 6.25. The zero-order valence-electron chi connectivity index (χ0n) is 19.8. The van der Waals surface area contributed by atoms with E-state index in [4.69, 9.17) is 9.47 Å². The number of anilines is 1. The van der Waals surface area contributed by atoms with Crippen LogP contribution >= 0.6 is 0 Å². The van der Waals surface area contributed by atoms with Crippen molar-refractivity contribution in [1.29, 1.82) is 0 Å². The first-order valence-electron chi connectivity index (χ1n) is 11.7. The fourth-order valence-corrected chi connectivity index (χ4v) is 4.47. The molecule has 4 aromatic rings. The van der Waals surface area contributed by atoms with Crippen LogP contribution in [0.5, 0.6) is 5.75 Å². The quantitative estimate of drug-likeness (QED) is 0.348. The van der Waals surface area contributed by atoms with Gasteiger partial charge in [-0.2, -0.15) is 5.10 Å². The van der Waals surface area contributed by atoms with E-state index in [0.717, 1.165) is 11.3 Å². The molecule has 0 fully saturated rings. The van der Waals surface area contributed by atoms with Crippen molar-refractivity contribution in [3.8, 4) is 17.0 Å². The smallest absolute Gasteiger partial charge is 0.338 e. The number of carbonyl (C=O) groups is 2. The molecule has 3 aromatic carbocycles. The maximum atomic E-state index is 14.3. The minimum Gasteiger partial charge on any atom is -0.494 e. The van der Waals surface area contributed by atoms with Crippen LogP contribution in [0.4, 0.5) is 10.1 Å². The van der Waals surface area contributed by atoms with Gasteiger partial charge in [0.25, 0.3) is 5.91 Å². The third kappa shape index (κ3) is 4.11. The Hall–Kier alpha value is -4.46. The first-order chi connectivity index (χ1) is 17.5. The summed E-state index contributed by atoms with van der Waals surface area (Å²) in [6.07, 6.45) is 0. The Morgan fingerprint density at radius 1 is 1.03 bits per heavy atom. The number of nitrogens with one attached hydrogen (secondary N) is 1. The van der Waals surface area contributed by atoms with Gasteiger partial charge in [-0.25, -0.2) is 9.18 Å². The fourth-order valence-electron chi connectivity index (χ4n) is 4.47. The van der Waals surface area contributed by atoms with Crippen LogP contribution in [0, 0.1) is 5.82 Å². The van der Waals surface area contributed by atoms with Gasteiger partial charge >= 0.3 is 5.97 Å². The highest BCUT2D eigenvalue weighted by Gasteiger charge is 2.43. The lowest BCUT2D eigenvalue weighted by Gasteiger charge is -2.26. The second-order valence-electron chi connectivity index (χ2n) is 8.22. The van der Waals surface area contributed by atoms with Crippen molar-refractivity contribution in [2.75, 3.05) is 18.1 Å². The van der Waals surface area contributed by atoms with E-state index in [1.807, 2.05) is 31.2 Å². The van der Waals surface area contributed by atoms with Gasteiger partial charge in [-0.05, 0) is 80.1 Å². The average Bonchev–Trinajstić information content (AvgIpc) is 3.44. The van der Waals surface area contributed by atoms with Crippen LogP contribution < -0.4 is 9.64 Å². The first-order valence-corrected chi connectivity index (χ1v) is 11.7. The molecule has 1 unspecified atom stereocenters. The molecule has 36 heavy (non-hydrogen) atoms. The molecule has 1 aromatic heterocycles. The van der Waals surface area contributed by atoms with Crippen LogP contribution in [0.25, 0.3) is 11.3 Å². The molecule has 1 aliphatic rings. The zero-order chi connectivity index (χ0) is 25.2. The van der Waals surface area contributed by atoms with E-state index < -0.39 is 17.8 Å². The van der Waals surface area contributed by atoms with Crippen molar-refractivity contribution >= 4 is 17.6 Å². The van der Waals surface area contributed by atoms with Crippen LogP contribution in [-0.4, -0.2) is 35.3 Å². The van der Waals surface area contributed by atoms with Gasteiger partial charge < -0.3 is 9.47 Å². The Labute approximate surface area is 207 Å². The molecule has 0 spiro atoms. The van der Waals surface area contributed by atoms with Gasteiger partial charge in [-0.15, -0.1) is 0 Å². The molecule has 5 rings (SSSR count). The summed E-state index contributed by atoms with van der Waals surface area (Å²) < 4.78 is 24.9. The predicted molar refractivity (Wildman–Crippen MR) is 133 cm³/mol. The first kappa shape index (κ1) is 23.3. The number of hydrogen-bond donors (Lipinski definition) is 1. The number of H-pyrrole nitrogens is 1. The van der Waals surface area contributed by atoms with Crippen LogP contribution in [0.3, 0.4) is 0 Å². The third-order valence-electron chi connectivity index (χ3n) is 6.03. The lowest BCUT2D eigenvalue weighted by atomic mass is 9.95. The number of aromatic nitrogens is 2. The highest BCUT2D eigenvalue weighted by Crippen LogP contribution is 2.45. The Morgan fingerprint density at radius 3 is 2.44 bits per heavy atom. The number of rotatable bonds is 7. The number of halogens is 1. The van der Waals surface area contributed by atoms with E-state index in [9.17, 15) is 14.0 Å². The van der Waals surface area contributed by atoms with Crippen molar-refractivity contribution in [3.05, 3.63) is 101 Å². The number of fused-ring (bicyclic) bond motifs is 1. The molecule has 0 radical (unpaired) electrons. The summed E-state index contributed by atoms with van der Waals surface area (Å²) >= 11 is 0. The maximum Gasteiger partial charge on any atom is 0.338 e. The van der Waals surface area contributed by atoms with Crippen LogP contribution in [-0.2, 0) is 4.74 Å². The topological polar surface area (TPSA) is 84.5 Å². The van der Waals surface area contributed by atoms with Crippen molar-refractivity contribution in [2.24, 2.45) is 0 Å². The van der Waals surface area contributed by atoms with Crippen molar-refractivity contribution in [3.63, 3.8) is 0 Å². The number of carbonyl (C=O) groups excluding carboxylic acids is 2. The van der Waals surface area contributed by atoms with Gasteiger partial charge in [0.2, 0.25) is 0 Å². The number of hydrogen-bond acceptors (Lipinski definition) is 5. The lowest BCUT2D eigenvalue weighted by Crippen LogP contribution is -2.29. The molecule has 7 nitrogen and oxygen atoms in total. The summed E-state index contributed by atoms with van der Waals surface area (Å²) in [5.74, 6) is -0.412. The van der Waals surface area contributed by atoms with Crippen LogP contribution in [0.2, 0.25) is 0 Å². The van der Waals surface area contributed by atoms with E-state index in [0.29, 0.717) is 40.4 Å². The Bertz CT molecular complexity index is 1410. The number of nitrogens with zero attached hydrogens (tertiary/aromatic N) is 2. The number of ether oxygens (including phenoxy) is 2. The molecule has 1 atom stereocenters. The van der Waals surface area contributed by atoms with E-state index in [-0.39, 0.29) is 12.5 Å². The van der Waals surface area contributed by atoms with E-state index in [2.05, 4.69) is 10.2 Å². The molecule has 1 N–H and O–H groups in total. The van der Waals surface area contributed by atoms with Gasteiger partial charge in [-0.1, -0.05) is 12.1 Å². The van der Waals surface area contributed by atoms with E-state index in [1.165, 1.54) is 12.1 Å². The molecule has 0 bridgehead atoms. The largest absolute Gasteiger partial charge is 0.494 e. The minimum atomic E-state index is -0.628. The Morgan fingerprint density at radius 2 is 1.78 bits per heavy atom. The molecule has 0 saturated carbocycles. The number of benzene rings is 3. The van der Waals surface area contributed by atoms with Gasteiger partial charge in [0.1, 0.15) is 17.3 Å². The predicted octanol–water partition coefficient (Wildman–Crippen LogP) is 5.54. The summed E-state index contributed by atoms with van der Waals surface area (Å²) in [5.41, 5.74) is 3.93. The molecule has 1 amide bonds. The molecule has 182 valence electrons. The summed E-state index contributed by atoms with van der Waals surface area (Å²) in [5, 5.41) is 7.34. The molecule has 0 aliphatic carbocycles. The maximum absolute atomic E-state index is 14.3. The summed E-state index contributed by atoms with van der Waals surface area (Å²) in [7, 11) is 0. The molecule has 8 heteroatoms. The van der Waals surface area contributed by atoms with Gasteiger partial charge in [0.15, 0.2) is 0 Å². The van der Waals surface area contributed by atoms with Crippen LogP contribution in [0.1, 0.15) is 51.9 Å². The molecular formula is C28H24FN3O4. The minimum absolute atomic E-state index is 0.267. The molecule has 1 aliphatic heterocycles. The van der Waals surface area contributed by atoms with Gasteiger partial charge in [-0.3, -0.25) is 14.8 Å². The molecule has 0 saturated heterocycles. The third-order valence-corrected chi connectivity index (χ3v) is 6.03. The van der Waals surface area contributed by atoms with Gasteiger partial charge in [0, 0.05) is 16.8 Å². The van der Waals surface area contributed by atoms with Crippen LogP contribution in [0.15, 0.2) is 72.8 Å². The highest BCUT2D eigenvalue weighted by molar-refractivity contribution is 6.12. The second kappa shape index (κ2) is 9.65. The van der Waals surface area contributed by atoms with Gasteiger partial charge in [0.05, 0.1) is 30.5 Å². The summed E-state index contributed by atoms with van der Waals surface area (Å²) in [6.45, 7) is 4.47. The monoisotopic (exact) mass is 485 g/mol. The highest BCUT2D eigenvalue weighted by atomic mass is 19.1. The van der Waals surface area contributed by atoms with Crippen molar-refractivity contribution in [2.45, 2.75) is 19.9 Å². The Balaban J connectivity index is 1.60. The molecular weight excluding hydrogens is 461 g/mol. The number of esters is 1. The zero-order valence-corrected chi connectivity index (χ0v) is 19.8. The number of amides is 1. The normalized spacial score (nSPS) is 14.6. The summed E-state index contributed by atoms with van der Waals surface area (Å²) in [4.78, 5) is 27.3. The second-order valence-corrected chi connectivity index (χ2v) is 8.22. The van der Waals surface area contributed by atoms with E-state index in [1.54, 1.807) is 48.2 Å². The van der Waals surface area contributed by atoms with Crippen molar-refractivity contribution < 1.29 is 23.5 Å². The number of aromatic amines is 1. The van der Waals surface area contributed by atoms with E-state index >= 15 is 0 Å². The standard InChI is InChI=1S/C28H24FN3O4/c1-3-35-22-14-10-17(11-15-22)24-23-25(31-30-24)27(33)32(26(23)19-6-5-7-20(29)16-19)21-12-8-18(9-13-21)28(34)36-4-2/h5-16,26H,3-4H2,1-2H3,(H,30,31). The van der Waals surface area contributed by atoms with Crippen molar-refractivity contribution in [1.82, 2.24) is 10.2 Å². The summed E-state index contributed by atoms with van der Waals surface area (Å²) in [6, 6.07) is 19.6. The average molecular weight is 486 g/mol.